The Kier molecular flexibility index (Phi) is 4.98. The second-order valence-corrected chi connectivity index (χ2v) is 6.78. The van der Waals surface area contributed by atoms with Gasteiger partial charge in [0.05, 0.1) is 12.2 Å². The van der Waals surface area contributed by atoms with Crippen molar-refractivity contribution in [1.29, 1.82) is 0 Å². The summed E-state index contributed by atoms with van der Waals surface area (Å²) in [6, 6.07) is 4.87. The monoisotopic (exact) mass is 361 g/mol. The third-order valence-corrected chi connectivity index (χ3v) is 4.65. The van der Waals surface area contributed by atoms with Crippen molar-refractivity contribution in [2.45, 2.75) is 31.3 Å². The van der Waals surface area contributed by atoms with Gasteiger partial charge in [-0.3, -0.25) is 9.59 Å². The molecule has 0 bridgehead atoms. The first kappa shape index (κ1) is 17.3. The van der Waals surface area contributed by atoms with Gasteiger partial charge < -0.3 is 20.1 Å². The van der Waals surface area contributed by atoms with Crippen molar-refractivity contribution in [1.82, 2.24) is 9.97 Å². The lowest BCUT2D eigenvalue weighted by Gasteiger charge is -2.25. The lowest BCUT2D eigenvalue weighted by atomic mass is 9.86. The molecule has 25 heavy (non-hydrogen) atoms. The van der Waals surface area contributed by atoms with Gasteiger partial charge in [-0.1, -0.05) is 24.8 Å². The Morgan fingerprint density at radius 1 is 1.36 bits per heavy atom. The van der Waals surface area contributed by atoms with Crippen LogP contribution in [0, 0.1) is 0 Å². The quantitative estimate of drug-likeness (QED) is 0.558. The number of nitrogens with one attached hydrogen (secondary N) is 2. The largest absolute Gasteiger partial charge is 0.504 e. The zero-order valence-corrected chi connectivity index (χ0v) is 14.8. The van der Waals surface area contributed by atoms with E-state index in [4.69, 9.17) is 4.74 Å². The number of carbonyl (C=O) groups is 1. The number of nitrogens with zero attached hydrogens (tertiary/aromatic N) is 1. The molecule has 3 rings (SSSR count). The minimum Gasteiger partial charge on any atom is -0.504 e. The minimum absolute atomic E-state index is 0.0211. The number of hydrogen-bond acceptors (Lipinski definition) is 6. The first-order valence-electron chi connectivity index (χ1n) is 8.06. The Morgan fingerprint density at radius 3 is 2.88 bits per heavy atom. The van der Waals surface area contributed by atoms with E-state index in [1.165, 1.54) is 17.8 Å². The molecule has 1 aromatic carbocycles. The van der Waals surface area contributed by atoms with Crippen LogP contribution in [-0.4, -0.2) is 33.3 Å². The topological polar surface area (TPSA) is 104 Å². The summed E-state index contributed by atoms with van der Waals surface area (Å²) in [4.78, 5) is 31.8. The van der Waals surface area contributed by atoms with Gasteiger partial charge in [0.25, 0.3) is 5.56 Å². The molecule has 8 heteroatoms. The maximum absolute atomic E-state index is 12.6. The van der Waals surface area contributed by atoms with Crippen LogP contribution in [0.1, 0.15) is 37.3 Å². The van der Waals surface area contributed by atoms with E-state index in [0.29, 0.717) is 28.9 Å². The SMILES string of the molecule is CCOc1cc([C@H]2CC(=O)Nc3nc(SCC)[nH]c(=O)c32)ccc1O. The third-order valence-electron chi connectivity index (χ3n) is 3.90. The van der Waals surface area contributed by atoms with Crippen molar-refractivity contribution in [2.75, 3.05) is 17.7 Å². The highest BCUT2D eigenvalue weighted by Gasteiger charge is 2.31. The number of thioether (sulfide) groups is 1. The number of benzene rings is 1. The van der Waals surface area contributed by atoms with Gasteiger partial charge in [-0.25, -0.2) is 4.98 Å². The summed E-state index contributed by atoms with van der Waals surface area (Å²) in [6.45, 7) is 4.17. The Balaban J connectivity index is 2.09. The number of fused-ring (bicyclic) bond motifs is 1. The fourth-order valence-corrected chi connectivity index (χ4v) is 3.45. The van der Waals surface area contributed by atoms with E-state index in [9.17, 15) is 14.7 Å². The second-order valence-electron chi connectivity index (χ2n) is 5.53. The van der Waals surface area contributed by atoms with Gasteiger partial charge in [0, 0.05) is 12.3 Å². The molecule has 7 nitrogen and oxygen atoms in total. The third kappa shape index (κ3) is 3.48. The number of carbonyl (C=O) groups excluding carboxylic acids is 1. The number of ether oxygens (including phenoxy) is 1. The predicted molar refractivity (Wildman–Crippen MR) is 95.6 cm³/mol. The van der Waals surface area contributed by atoms with Crippen molar-refractivity contribution in [3.8, 4) is 11.5 Å². The summed E-state index contributed by atoms with van der Waals surface area (Å²) in [5, 5.41) is 13.0. The average Bonchev–Trinajstić information content (AvgIpc) is 2.56. The number of anilines is 1. The minimum atomic E-state index is -0.444. The van der Waals surface area contributed by atoms with Gasteiger partial charge in [-0.15, -0.1) is 0 Å². The lowest BCUT2D eigenvalue weighted by Crippen LogP contribution is -2.31. The predicted octanol–water partition coefficient (Wildman–Crippen LogP) is 2.46. The standard InChI is InChI=1S/C17H19N3O4S/c1-3-24-12-7-9(5-6-11(12)21)10-8-13(22)18-15-14(10)16(23)20-17(19-15)25-4-2/h5-7,10,21H,3-4,8H2,1-2H3,(H2,18,19,20,22,23)/t10-/m1/s1. The van der Waals surface area contributed by atoms with Crippen molar-refractivity contribution in [3.63, 3.8) is 0 Å². The molecule has 0 aliphatic carbocycles. The molecule has 1 amide bonds. The van der Waals surface area contributed by atoms with E-state index < -0.39 is 5.92 Å². The number of phenolic OH excluding ortho intramolecular Hbond substituents is 1. The molecular formula is C17H19N3O4S. The molecule has 1 aliphatic rings. The first-order valence-corrected chi connectivity index (χ1v) is 9.04. The molecule has 0 radical (unpaired) electrons. The number of rotatable bonds is 5. The van der Waals surface area contributed by atoms with Crippen LogP contribution >= 0.6 is 11.8 Å². The van der Waals surface area contributed by atoms with Crippen LogP contribution in [0.4, 0.5) is 5.82 Å². The van der Waals surface area contributed by atoms with Crippen LogP contribution in [0.15, 0.2) is 28.2 Å². The summed E-state index contributed by atoms with van der Waals surface area (Å²) in [7, 11) is 0. The molecule has 1 atom stereocenters. The fourth-order valence-electron chi connectivity index (χ4n) is 2.86. The zero-order chi connectivity index (χ0) is 18.0. The van der Waals surface area contributed by atoms with E-state index in [2.05, 4.69) is 15.3 Å². The van der Waals surface area contributed by atoms with E-state index in [1.807, 2.05) is 13.8 Å². The van der Waals surface area contributed by atoms with E-state index >= 15 is 0 Å². The van der Waals surface area contributed by atoms with E-state index in [1.54, 1.807) is 12.1 Å². The second kappa shape index (κ2) is 7.18. The molecule has 1 aromatic heterocycles. The molecule has 0 fully saturated rings. The van der Waals surface area contributed by atoms with Crippen LogP contribution in [0.2, 0.25) is 0 Å². The number of H-pyrrole nitrogens is 1. The Morgan fingerprint density at radius 2 is 2.16 bits per heavy atom. The number of aromatic amines is 1. The number of aromatic nitrogens is 2. The number of hydrogen-bond donors (Lipinski definition) is 3. The molecule has 0 unspecified atom stereocenters. The van der Waals surface area contributed by atoms with Gasteiger partial charge in [-0.05, 0) is 30.4 Å². The van der Waals surface area contributed by atoms with Crippen molar-refractivity contribution >= 4 is 23.5 Å². The lowest BCUT2D eigenvalue weighted by molar-refractivity contribution is -0.116. The molecule has 132 valence electrons. The molecule has 3 N–H and O–H groups in total. The highest BCUT2D eigenvalue weighted by Crippen LogP contribution is 2.38. The maximum Gasteiger partial charge on any atom is 0.257 e. The molecular weight excluding hydrogens is 342 g/mol. The summed E-state index contributed by atoms with van der Waals surface area (Å²) < 4.78 is 5.41. The van der Waals surface area contributed by atoms with Crippen LogP contribution in [-0.2, 0) is 4.79 Å². The fraction of sp³-hybridized carbons (Fsp3) is 0.353. The summed E-state index contributed by atoms with van der Waals surface area (Å²) in [5.41, 5.74) is 0.880. The summed E-state index contributed by atoms with van der Waals surface area (Å²) in [6.07, 6.45) is 0.133. The van der Waals surface area contributed by atoms with Crippen LogP contribution in [0.5, 0.6) is 11.5 Å². The van der Waals surface area contributed by atoms with Crippen molar-refractivity contribution in [2.24, 2.45) is 0 Å². The van der Waals surface area contributed by atoms with E-state index in [0.717, 1.165) is 11.3 Å². The van der Waals surface area contributed by atoms with Gasteiger partial charge in [0.15, 0.2) is 16.7 Å². The molecule has 0 saturated heterocycles. The average molecular weight is 361 g/mol. The molecule has 2 heterocycles. The van der Waals surface area contributed by atoms with Crippen LogP contribution in [0.25, 0.3) is 0 Å². The highest BCUT2D eigenvalue weighted by atomic mass is 32.2. The van der Waals surface area contributed by atoms with Gasteiger partial charge in [-0.2, -0.15) is 0 Å². The smallest absolute Gasteiger partial charge is 0.257 e. The molecule has 1 aliphatic heterocycles. The first-order chi connectivity index (χ1) is 12.0. The summed E-state index contributed by atoms with van der Waals surface area (Å²) >= 11 is 1.40. The molecule has 0 saturated carbocycles. The zero-order valence-electron chi connectivity index (χ0n) is 14.0. The Hall–Kier alpha value is -2.48. The number of phenols is 1. The van der Waals surface area contributed by atoms with Crippen LogP contribution < -0.4 is 15.6 Å². The van der Waals surface area contributed by atoms with Crippen molar-refractivity contribution in [3.05, 3.63) is 39.7 Å². The molecule has 2 aromatic rings. The molecule has 0 spiro atoms. The summed E-state index contributed by atoms with van der Waals surface area (Å²) in [5.74, 6) is 0.763. The van der Waals surface area contributed by atoms with E-state index in [-0.39, 0.29) is 23.6 Å². The number of aromatic hydroxyl groups is 1. The van der Waals surface area contributed by atoms with Crippen LogP contribution in [0.3, 0.4) is 0 Å². The van der Waals surface area contributed by atoms with Gasteiger partial charge in [0.2, 0.25) is 5.91 Å². The van der Waals surface area contributed by atoms with Crippen molar-refractivity contribution < 1.29 is 14.6 Å². The Bertz CT molecular complexity index is 865. The number of amides is 1. The maximum atomic E-state index is 12.6. The Labute approximate surface area is 148 Å². The van der Waals surface area contributed by atoms with Gasteiger partial charge in [0.1, 0.15) is 5.82 Å². The van der Waals surface area contributed by atoms with Gasteiger partial charge >= 0.3 is 0 Å². The highest BCUT2D eigenvalue weighted by molar-refractivity contribution is 7.99. The normalized spacial score (nSPS) is 16.2.